The van der Waals surface area contributed by atoms with Gasteiger partial charge in [-0.2, -0.15) is 0 Å². The third kappa shape index (κ3) is 4.20. The number of carbonyl (C=O) groups excluding carboxylic acids is 1. The zero-order valence-electron chi connectivity index (χ0n) is 11.2. The minimum absolute atomic E-state index is 0. The summed E-state index contributed by atoms with van der Waals surface area (Å²) in [5.41, 5.74) is 1.06. The SMILES string of the molecule is CC1NCCN(C(=O)Cc2cccc(Br)c2)C1C.Cl. The van der Waals surface area contributed by atoms with E-state index in [4.69, 9.17) is 0 Å². The molecule has 1 aromatic rings. The van der Waals surface area contributed by atoms with Gasteiger partial charge in [0.15, 0.2) is 0 Å². The van der Waals surface area contributed by atoms with E-state index in [1.54, 1.807) is 0 Å². The van der Waals surface area contributed by atoms with Crippen molar-refractivity contribution in [1.82, 2.24) is 10.2 Å². The lowest BCUT2D eigenvalue weighted by atomic mass is 10.1. The number of piperazine rings is 1. The van der Waals surface area contributed by atoms with E-state index in [2.05, 4.69) is 35.1 Å². The van der Waals surface area contributed by atoms with Crippen molar-refractivity contribution in [2.75, 3.05) is 13.1 Å². The van der Waals surface area contributed by atoms with Crippen molar-refractivity contribution in [1.29, 1.82) is 0 Å². The smallest absolute Gasteiger partial charge is 0.227 e. The summed E-state index contributed by atoms with van der Waals surface area (Å²) >= 11 is 3.43. The summed E-state index contributed by atoms with van der Waals surface area (Å²) in [6.07, 6.45) is 0.483. The van der Waals surface area contributed by atoms with Gasteiger partial charge in [-0.3, -0.25) is 4.79 Å². The number of halogens is 2. The van der Waals surface area contributed by atoms with Gasteiger partial charge in [0.25, 0.3) is 0 Å². The summed E-state index contributed by atoms with van der Waals surface area (Å²) in [6.45, 7) is 5.92. The summed E-state index contributed by atoms with van der Waals surface area (Å²) in [4.78, 5) is 14.3. The number of nitrogens with zero attached hydrogens (tertiary/aromatic N) is 1. The minimum Gasteiger partial charge on any atom is -0.337 e. The first-order valence-corrected chi connectivity index (χ1v) is 7.14. The van der Waals surface area contributed by atoms with Gasteiger partial charge in [-0.25, -0.2) is 0 Å². The Hall–Kier alpha value is -0.580. The van der Waals surface area contributed by atoms with Gasteiger partial charge in [-0.05, 0) is 31.5 Å². The highest BCUT2D eigenvalue weighted by Crippen LogP contribution is 2.15. The van der Waals surface area contributed by atoms with Crippen LogP contribution in [0.15, 0.2) is 28.7 Å². The van der Waals surface area contributed by atoms with Crippen LogP contribution in [0.2, 0.25) is 0 Å². The molecule has 0 spiro atoms. The molecule has 1 aromatic carbocycles. The van der Waals surface area contributed by atoms with E-state index in [1.807, 2.05) is 29.2 Å². The first-order chi connectivity index (χ1) is 8.58. The average Bonchev–Trinajstić information content (AvgIpc) is 2.32. The van der Waals surface area contributed by atoms with Gasteiger partial charge in [0.2, 0.25) is 5.91 Å². The molecule has 5 heteroatoms. The molecule has 1 saturated heterocycles. The molecule has 0 aromatic heterocycles. The third-order valence-electron chi connectivity index (χ3n) is 3.60. The summed E-state index contributed by atoms with van der Waals surface area (Å²) in [5, 5.41) is 3.39. The lowest BCUT2D eigenvalue weighted by molar-refractivity contribution is -0.134. The Morgan fingerprint density at radius 3 is 2.89 bits per heavy atom. The fourth-order valence-electron chi connectivity index (χ4n) is 2.33. The van der Waals surface area contributed by atoms with Gasteiger partial charge < -0.3 is 10.2 Å². The number of carbonyl (C=O) groups is 1. The molecule has 3 nitrogen and oxygen atoms in total. The molecular weight excluding hydrogens is 328 g/mol. The predicted octanol–water partition coefficient (Wildman–Crippen LogP) is 2.62. The largest absolute Gasteiger partial charge is 0.337 e. The molecule has 2 rings (SSSR count). The molecule has 1 N–H and O–H groups in total. The zero-order valence-corrected chi connectivity index (χ0v) is 13.6. The van der Waals surface area contributed by atoms with Crippen molar-refractivity contribution in [3.05, 3.63) is 34.3 Å². The molecule has 0 bridgehead atoms. The van der Waals surface area contributed by atoms with E-state index in [0.717, 1.165) is 23.1 Å². The van der Waals surface area contributed by atoms with Gasteiger partial charge in [0.1, 0.15) is 0 Å². The summed E-state index contributed by atoms with van der Waals surface area (Å²) in [7, 11) is 0. The molecule has 0 aliphatic carbocycles. The second kappa shape index (κ2) is 7.27. The highest BCUT2D eigenvalue weighted by molar-refractivity contribution is 9.10. The van der Waals surface area contributed by atoms with E-state index in [1.165, 1.54) is 0 Å². The van der Waals surface area contributed by atoms with Crippen LogP contribution in [0.3, 0.4) is 0 Å². The second-order valence-corrected chi connectivity index (χ2v) is 5.79. The molecule has 2 atom stereocenters. The number of nitrogens with one attached hydrogen (secondary N) is 1. The number of hydrogen-bond donors (Lipinski definition) is 1. The van der Waals surface area contributed by atoms with E-state index in [-0.39, 0.29) is 24.4 Å². The Morgan fingerprint density at radius 2 is 2.21 bits per heavy atom. The van der Waals surface area contributed by atoms with Gasteiger partial charge in [0, 0.05) is 29.6 Å². The van der Waals surface area contributed by atoms with Crippen LogP contribution in [-0.4, -0.2) is 36.0 Å². The fraction of sp³-hybridized carbons (Fsp3) is 0.500. The van der Waals surface area contributed by atoms with Crippen molar-refractivity contribution in [3.8, 4) is 0 Å². The Labute approximate surface area is 129 Å². The first-order valence-electron chi connectivity index (χ1n) is 6.35. The Kier molecular flexibility index (Phi) is 6.30. The van der Waals surface area contributed by atoms with Crippen LogP contribution < -0.4 is 5.32 Å². The molecular formula is C14H20BrClN2O. The van der Waals surface area contributed by atoms with Crippen molar-refractivity contribution in [2.24, 2.45) is 0 Å². The van der Waals surface area contributed by atoms with Gasteiger partial charge >= 0.3 is 0 Å². The van der Waals surface area contributed by atoms with Crippen molar-refractivity contribution >= 4 is 34.2 Å². The van der Waals surface area contributed by atoms with Crippen molar-refractivity contribution in [3.63, 3.8) is 0 Å². The van der Waals surface area contributed by atoms with Crippen molar-refractivity contribution < 1.29 is 4.79 Å². The molecule has 2 unspecified atom stereocenters. The van der Waals surface area contributed by atoms with E-state index in [9.17, 15) is 4.79 Å². The van der Waals surface area contributed by atoms with Crippen LogP contribution in [0.5, 0.6) is 0 Å². The Bertz CT molecular complexity index is 441. The predicted molar refractivity (Wildman–Crippen MR) is 83.7 cm³/mol. The van der Waals surface area contributed by atoms with Gasteiger partial charge in [-0.15, -0.1) is 12.4 Å². The average molecular weight is 348 g/mol. The summed E-state index contributed by atoms with van der Waals surface area (Å²) in [5.74, 6) is 0.217. The third-order valence-corrected chi connectivity index (χ3v) is 4.09. The number of hydrogen-bond acceptors (Lipinski definition) is 2. The topological polar surface area (TPSA) is 32.3 Å². The standard InChI is InChI=1S/C14H19BrN2O.ClH/c1-10-11(2)17(7-6-16-10)14(18)9-12-4-3-5-13(15)8-12;/h3-5,8,10-11,16H,6-7,9H2,1-2H3;1H. The molecule has 106 valence electrons. The summed E-state index contributed by atoms with van der Waals surface area (Å²) < 4.78 is 1.02. The normalized spacial score (nSPS) is 22.8. The van der Waals surface area contributed by atoms with E-state index < -0.39 is 0 Å². The Morgan fingerprint density at radius 1 is 1.47 bits per heavy atom. The summed E-state index contributed by atoms with van der Waals surface area (Å²) in [6, 6.07) is 8.58. The van der Waals surface area contributed by atoms with Crippen LogP contribution in [0.1, 0.15) is 19.4 Å². The maximum absolute atomic E-state index is 12.3. The second-order valence-electron chi connectivity index (χ2n) is 4.88. The van der Waals surface area contributed by atoms with Crippen LogP contribution in [0, 0.1) is 0 Å². The van der Waals surface area contributed by atoms with Gasteiger partial charge in [0.05, 0.1) is 6.42 Å². The molecule has 1 amide bonds. The zero-order chi connectivity index (χ0) is 13.1. The number of amides is 1. The molecule has 0 saturated carbocycles. The highest BCUT2D eigenvalue weighted by Gasteiger charge is 2.27. The van der Waals surface area contributed by atoms with Gasteiger partial charge in [-0.1, -0.05) is 28.1 Å². The first kappa shape index (κ1) is 16.5. The van der Waals surface area contributed by atoms with Crippen LogP contribution in [0.4, 0.5) is 0 Å². The fourth-order valence-corrected chi connectivity index (χ4v) is 2.78. The van der Waals surface area contributed by atoms with Crippen LogP contribution in [0.25, 0.3) is 0 Å². The Balaban J connectivity index is 0.00000180. The number of benzene rings is 1. The lowest BCUT2D eigenvalue weighted by Gasteiger charge is -2.38. The monoisotopic (exact) mass is 346 g/mol. The molecule has 1 aliphatic heterocycles. The maximum Gasteiger partial charge on any atom is 0.227 e. The van der Waals surface area contributed by atoms with Crippen LogP contribution in [-0.2, 0) is 11.2 Å². The van der Waals surface area contributed by atoms with Crippen molar-refractivity contribution in [2.45, 2.75) is 32.4 Å². The highest BCUT2D eigenvalue weighted by atomic mass is 79.9. The van der Waals surface area contributed by atoms with E-state index in [0.29, 0.717) is 12.5 Å². The lowest BCUT2D eigenvalue weighted by Crippen LogP contribution is -2.57. The van der Waals surface area contributed by atoms with Crippen LogP contribution >= 0.6 is 28.3 Å². The molecule has 19 heavy (non-hydrogen) atoms. The molecule has 0 radical (unpaired) electrons. The minimum atomic E-state index is 0. The maximum atomic E-state index is 12.3. The molecule has 1 heterocycles. The quantitative estimate of drug-likeness (QED) is 0.892. The van der Waals surface area contributed by atoms with E-state index >= 15 is 0 Å². The molecule has 1 fully saturated rings. The molecule has 1 aliphatic rings. The number of rotatable bonds is 2.